The Labute approximate surface area is 183 Å². The molecular weight excluding hydrogens is 408 g/mol. The van der Waals surface area contributed by atoms with Crippen LogP contribution in [0.4, 0.5) is 5.69 Å². The molecule has 5 rings (SSSR count). The first-order chi connectivity index (χ1) is 15.1. The number of aromatic nitrogens is 2. The first-order valence-corrected chi connectivity index (χ1v) is 10.9. The van der Waals surface area contributed by atoms with Crippen molar-refractivity contribution in [1.82, 2.24) is 14.9 Å². The number of carbonyl (C=O) groups excluding carboxylic acids is 2. The van der Waals surface area contributed by atoms with Crippen molar-refractivity contribution < 1.29 is 9.59 Å². The molecule has 0 aliphatic carbocycles. The van der Waals surface area contributed by atoms with E-state index < -0.39 is 6.04 Å². The molecule has 1 aromatic heterocycles. The van der Waals surface area contributed by atoms with E-state index in [0.717, 1.165) is 27.3 Å². The quantitative estimate of drug-likeness (QED) is 0.512. The molecule has 0 radical (unpaired) electrons. The van der Waals surface area contributed by atoms with Crippen molar-refractivity contribution in [2.75, 3.05) is 11.1 Å². The number of imidazole rings is 1. The third kappa shape index (κ3) is 3.68. The van der Waals surface area contributed by atoms with Gasteiger partial charge in [-0.15, -0.1) is 11.8 Å². The van der Waals surface area contributed by atoms with Crippen LogP contribution in [0.5, 0.6) is 0 Å². The van der Waals surface area contributed by atoms with Crippen LogP contribution in [0.25, 0.3) is 11.0 Å². The second-order valence-corrected chi connectivity index (χ2v) is 8.40. The zero-order valence-corrected chi connectivity index (χ0v) is 17.6. The average Bonchev–Trinajstić information content (AvgIpc) is 3.13. The summed E-state index contributed by atoms with van der Waals surface area (Å²) < 4.78 is 2.01. The number of benzene rings is 3. The monoisotopic (exact) mass is 428 g/mol. The third-order valence-electron chi connectivity index (χ3n) is 5.36. The molecule has 7 heteroatoms. The summed E-state index contributed by atoms with van der Waals surface area (Å²) in [5.74, 6) is 0.856. The van der Waals surface area contributed by atoms with Crippen LogP contribution in [0.2, 0.25) is 0 Å². The highest BCUT2D eigenvalue weighted by Crippen LogP contribution is 2.32. The van der Waals surface area contributed by atoms with Crippen LogP contribution in [0.3, 0.4) is 0 Å². The molecule has 1 aliphatic heterocycles. The lowest BCUT2D eigenvalue weighted by atomic mass is 10.1. The van der Waals surface area contributed by atoms with Crippen LogP contribution in [0, 0.1) is 0 Å². The summed E-state index contributed by atoms with van der Waals surface area (Å²) >= 11 is 1.47. The smallest absolute Gasteiger partial charge is 0.252 e. The molecule has 2 N–H and O–H groups in total. The first kappa shape index (κ1) is 19.4. The second kappa shape index (κ2) is 7.92. The van der Waals surface area contributed by atoms with E-state index in [0.29, 0.717) is 17.0 Å². The van der Waals surface area contributed by atoms with Crippen LogP contribution in [-0.2, 0) is 11.8 Å². The summed E-state index contributed by atoms with van der Waals surface area (Å²) in [7, 11) is 1.96. The maximum Gasteiger partial charge on any atom is 0.252 e. The number of anilines is 1. The summed E-state index contributed by atoms with van der Waals surface area (Å²) in [4.78, 5) is 30.7. The number of carbonyl (C=O) groups is 2. The van der Waals surface area contributed by atoms with E-state index in [1.807, 2.05) is 72.3 Å². The summed E-state index contributed by atoms with van der Waals surface area (Å²) in [6.07, 6.45) is 0. The highest BCUT2D eigenvalue weighted by molar-refractivity contribution is 8.00. The molecule has 154 valence electrons. The number of hydrogen-bond acceptors (Lipinski definition) is 4. The zero-order chi connectivity index (χ0) is 21.4. The van der Waals surface area contributed by atoms with Gasteiger partial charge in [0.1, 0.15) is 11.9 Å². The van der Waals surface area contributed by atoms with Gasteiger partial charge in [0.15, 0.2) is 0 Å². The molecular formula is C24H20N4O2S. The fraction of sp³-hybridized carbons (Fsp3) is 0.125. The lowest BCUT2D eigenvalue weighted by Crippen LogP contribution is -2.31. The fourth-order valence-electron chi connectivity index (χ4n) is 3.80. The normalized spacial score (nSPS) is 14.0. The summed E-state index contributed by atoms with van der Waals surface area (Å²) in [6, 6.07) is 22.7. The predicted octanol–water partition coefficient (Wildman–Crippen LogP) is 4.14. The van der Waals surface area contributed by atoms with Crippen LogP contribution >= 0.6 is 11.8 Å². The number of hydrogen-bond donors (Lipinski definition) is 2. The van der Waals surface area contributed by atoms with E-state index in [1.54, 1.807) is 12.1 Å². The molecule has 0 unspecified atom stereocenters. The van der Waals surface area contributed by atoms with Gasteiger partial charge in [-0.1, -0.05) is 42.5 Å². The van der Waals surface area contributed by atoms with Crippen LogP contribution in [0.15, 0.2) is 77.7 Å². The van der Waals surface area contributed by atoms with E-state index in [1.165, 1.54) is 11.8 Å². The fourth-order valence-corrected chi connectivity index (χ4v) is 4.59. The summed E-state index contributed by atoms with van der Waals surface area (Å²) in [6.45, 7) is 0. The molecule has 2 amide bonds. The number of aryl methyl sites for hydroxylation is 1. The van der Waals surface area contributed by atoms with Gasteiger partial charge in [0.2, 0.25) is 5.91 Å². The van der Waals surface area contributed by atoms with Gasteiger partial charge in [0, 0.05) is 17.5 Å². The molecule has 0 saturated heterocycles. The summed E-state index contributed by atoms with van der Waals surface area (Å²) in [5, 5.41) is 5.99. The predicted molar refractivity (Wildman–Crippen MR) is 122 cm³/mol. The lowest BCUT2D eigenvalue weighted by Gasteiger charge is -2.21. The van der Waals surface area contributed by atoms with Gasteiger partial charge in [0.05, 0.1) is 22.5 Å². The number of nitrogens with one attached hydrogen (secondary N) is 2. The minimum Gasteiger partial charge on any atom is -0.338 e. The molecule has 0 fully saturated rings. The molecule has 3 aromatic carbocycles. The van der Waals surface area contributed by atoms with Gasteiger partial charge < -0.3 is 15.2 Å². The minimum atomic E-state index is -0.425. The number of amides is 2. The van der Waals surface area contributed by atoms with Crippen molar-refractivity contribution in [3.8, 4) is 0 Å². The van der Waals surface area contributed by atoms with E-state index in [9.17, 15) is 9.59 Å². The zero-order valence-electron chi connectivity index (χ0n) is 16.8. The molecule has 2 heterocycles. The molecule has 0 saturated carbocycles. The molecule has 1 atom stereocenters. The van der Waals surface area contributed by atoms with Crippen molar-refractivity contribution in [3.05, 3.63) is 89.7 Å². The topological polar surface area (TPSA) is 76.0 Å². The standard InChI is InChI=1S/C24H20N4O2S/c1-28-19-10-6-5-9-17(19)26-23(28)22(15-7-3-2-4-8-15)27-24(30)16-11-12-20-18(13-16)25-21(29)14-31-20/h2-13,22H,14H2,1H3,(H,25,29)(H,27,30)/t22-/m1/s1. The van der Waals surface area contributed by atoms with Gasteiger partial charge >= 0.3 is 0 Å². The molecule has 4 aromatic rings. The molecule has 1 aliphatic rings. The van der Waals surface area contributed by atoms with Gasteiger partial charge in [-0.25, -0.2) is 4.98 Å². The molecule has 6 nitrogen and oxygen atoms in total. The van der Waals surface area contributed by atoms with Crippen LogP contribution < -0.4 is 10.6 Å². The van der Waals surface area contributed by atoms with E-state index in [-0.39, 0.29) is 11.8 Å². The Kier molecular flexibility index (Phi) is 4.95. The van der Waals surface area contributed by atoms with Crippen LogP contribution in [0.1, 0.15) is 27.8 Å². The maximum atomic E-state index is 13.2. The van der Waals surface area contributed by atoms with Crippen molar-refractivity contribution in [2.45, 2.75) is 10.9 Å². The largest absolute Gasteiger partial charge is 0.338 e. The van der Waals surface area contributed by atoms with E-state index >= 15 is 0 Å². The van der Waals surface area contributed by atoms with Gasteiger partial charge in [0.25, 0.3) is 5.91 Å². The van der Waals surface area contributed by atoms with E-state index in [2.05, 4.69) is 10.6 Å². The molecule has 0 spiro atoms. The molecule has 31 heavy (non-hydrogen) atoms. The number of nitrogens with zero attached hydrogens (tertiary/aromatic N) is 2. The second-order valence-electron chi connectivity index (χ2n) is 7.38. The van der Waals surface area contributed by atoms with Crippen molar-refractivity contribution in [2.24, 2.45) is 7.05 Å². The van der Waals surface area contributed by atoms with Crippen LogP contribution in [-0.4, -0.2) is 27.1 Å². The minimum absolute atomic E-state index is 0.0584. The highest BCUT2D eigenvalue weighted by Gasteiger charge is 2.24. The Balaban J connectivity index is 1.52. The molecule has 0 bridgehead atoms. The number of fused-ring (bicyclic) bond motifs is 2. The van der Waals surface area contributed by atoms with Crippen molar-refractivity contribution in [3.63, 3.8) is 0 Å². The Morgan fingerprint density at radius 3 is 2.68 bits per heavy atom. The Morgan fingerprint density at radius 1 is 1.10 bits per heavy atom. The SMILES string of the molecule is Cn1c([C@H](NC(=O)c2ccc3c(c2)NC(=O)CS3)c2ccccc2)nc2ccccc21. The van der Waals surface area contributed by atoms with Gasteiger partial charge in [-0.2, -0.15) is 0 Å². The number of rotatable bonds is 4. The lowest BCUT2D eigenvalue weighted by molar-refractivity contribution is -0.113. The third-order valence-corrected chi connectivity index (χ3v) is 6.44. The Bertz CT molecular complexity index is 1300. The maximum absolute atomic E-state index is 13.2. The van der Waals surface area contributed by atoms with Crippen molar-refractivity contribution in [1.29, 1.82) is 0 Å². The number of thioether (sulfide) groups is 1. The Morgan fingerprint density at radius 2 is 1.87 bits per heavy atom. The highest BCUT2D eigenvalue weighted by atomic mass is 32.2. The van der Waals surface area contributed by atoms with Crippen molar-refractivity contribution >= 4 is 40.3 Å². The van der Waals surface area contributed by atoms with Gasteiger partial charge in [-0.05, 0) is 35.9 Å². The first-order valence-electron chi connectivity index (χ1n) is 9.94. The average molecular weight is 429 g/mol. The van der Waals surface area contributed by atoms with Gasteiger partial charge in [-0.3, -0.25) is 9.59 Å². The summed E-state index contributed by atoms with van der Waals surface area (Å²) in [5.41, 5.74) is 3.98. The Hall–Kier alpha value is -3.58. The van der Waals surface area contributed by atoms with E-state index in [4.69, 9.17) is 4.98 Å². The number of para-hydroxylation sites is 2.